The first-order chi connectivity index (χ1) is 16.0. The van der Waals surface area contributed by atoms with E-state index in [1.54, 1.807) is 6.92 Å². The SMILES string of the molecule is CCNC(=O)[C@H]1O[C@@H](n2cnc3c(N)nc(CCCCCc4ccccc4)nc32)[C@H](O)[C@@H]1O. The Bertz CT molecular complexity index is 1090. The summed E-state index contributed by atoms with van der Waals surface area (Å²) in [6, 6.07) is 10.4. The number of fused-ring (bicyclic) bond motifs is 1. The molecule has 1 aliphatic rings. The molecule has 0 unspecified atom stereocenters. The third-order valence-electron chi connectivity index (χ3n) is 5.83. The highest BCUT2D eigenvalue weighted by Gasteiger charge is 2.47. The number of ether oxygens (including phenoxy) is 1. The lowest BCUT2D eigenvalue weighted by Crippen LogP contribution is -2.42. The minimum atomic E-state index is -1.37. The summed E-state index contributed by atoms with van der Waals surface area (Å²) < 4.78 is 7.20. The molecular formula is C23H30N6O4. The van der Waals surface area contributed by atoms with E-state index in [0.29, 0.717) is 30.0 Å². The molecule has 1 saturated heterocycles. The molecule has 0 bridgehead atoms. The summed E-state index contributed by atoms with van der Waals surface area (Å²) in [6.07, 6.45) is 1.21. The summed E-state index contributed by atoms with van der Waals surface area (Å²) in [6.45, 7) is 2.15. The lowest BCUT2D eigenvalue weighted by Gasteiger charge is -2.16. The van der Waals surface area contributed by atoms with Gasteiger partial charge in [-0.3, -0.25) is 9.36 Å². The normalized spacial score (nSPS) is 22.6. The molecule has 4 atom stereocenters. The minimum absolute atomic E-state index is 0.242. The average Bonchev–Trinajstić information content (AvgIpc) is 3.36. The Morgan fingerprint density at radius 1 is 1.12 bits per heavy atom. The zero-order valence-electron chi connectivity index (χ0n) is 18.6. The molecule has 10 heteroatoms. The molecule has 1 aliphatic heterocycles. The number of hydrogen-bond acceptors (Lipinski definition) is 8. The van der Waals surface area contributed by atoms with Gasteiger partial charge in [0.2, 0.25) is 0 Å². The fourth-order valence-corrected chi connectivity index (χ4v) is 4.10. The minimum Gasteiger partial charge on any atom is -0.387 e. The zero-order valence-corrected chi connectivity index (χ0v) is 18.6. The van der Waals surface area contributed by atoms with Crippen LogP contribution in [0.1, 0.15) is 43.8 Å². The molecule has 3 heterocycles. The number of carbonyl (C=O) groups excluding carboxylic acids is 1. The smallest absolute Gasteiger partial charge is 0.252 e. The van der Waals surface area contributed by atoms with E-state index in [9.17, 15) is 15.0 Å². The van der Waals surface area contributed by atoms with Gasteiger partial charge in [0, 0.05) is 13.0 Å². The number of aliphatic hydroxyl groups excluding tert-OH is 2. The molecule has 1 fully saturated rings. The predicted octanol–water partition coefficient (Wildman–Crippen LogP) is 1.12. The summed E-state index contributed by atoms with van der Waals surface area (Å²) >= 11 is 0. The molecule has 1 aromatic carbocycles. The van der Waals surface area contributed by atoms with Gasteiger partial charge in [-0.2, -0.15) is 0 Å². The Hall–Kier alpha value is -3.08. The molecule has 33 heavy (non-hydrogen) atoms. The summed E-state index contributed by atoms with van der Waals surface area (Å²) in [4.78, 5) is 25.4. The van der Waals surface area contributed by atoms with Crippen molar-refractivity contribution in [3.05, 3.63) is 48.0 Å². The molecule has 4 rings (SSSR count). The number of rotatable bonds is 9. The molecule has 0 radical (unpaired) electrons. The molecule has 10 nitrogen and oxygen atoms in total. The maximum absolute atomic E-state index is 12.2. The molecule has 5 N–H and O–H groups in total. The first-order valence-electron chi connectivity index (χ1n) is 11.3. The first kappa shape index (κ1) is 23.1. The Labute approximate surface area is 191 Å². The van der Waals surface area contributed by atoms with Crippen LogP contribution in [0, 0.1) is 0 Å². The second-order valence-corrected chi connectivity index (χ2v) is 8.22. The van der Waals surface area contributed by atoms with Crippen LogP contribution in [-0.2, 0) is 22.4 Å². The number of nitrogens with zero attached hydrogens (tertiary/aromatic N) is 4. The molecule has 0 saturated carbocycles. The number of unbranched alkanes of at least 4 members (excludes halogenated alkanes) is 2. The van der Waals surface area contributed by atoms with Crippen molar-refractivity contribution in [1.82, 2.24) is 24.8 Å². The number of carbonyl (C=O) groups is 1. The van der Waals surface area contributed by atoms with E-state index >= 15 is 0 Å². The van der Waals surface area contributed by atoms with Crippen molar-refractivity contribution >= 4 is 22.9 Å². The highest BCUT2D eigenvalue weighted by atomic mass is 16.6. The van der Waals surface area contributed by atoms with Crippen molar-refractivity contribution in [2.45, 2.75) is 63.6 Å². The fraction of sp³-hybridized carbons (Fsp3) is 0.478. The number of nitrogens with one attached hydrogen (secondary N) is 1. The predicted molar refractivity (Wildman–Crippen MR) is 122 cm³/mol. The van der Waals surface area contributed by atoms with Crippen molar-refractivity contribution in [1.29, 1.82) is 0 Å². The number of aromatic nitrogens is 4. The van der Waals surface area contributed by atoms with Crippen molar-refractivity contribution in [2.75, 3.05) is 12.3 Å². The van der Waals surface area contributed by atoms with E-state index in [0.717, 1.165) is 25.7 Å². The van der Waals surface area contributed by atoms with Crippen LogP contribution in [0.25, 0.3) is 11.2 Å². The third kappa shape index (κ3) is 4.97. The summed E-state index contributed by atoms with van der Waals surface area (Å²) in [5, 5.41) is 23.5. The number of anilines is 1. The van der Waals surface area contributed by atoms with Gasteiger partial charge in [0.1, 0.15) is 23.5 Å². The number of imidazole rings is 1. The number of hydrogen-bond donors (Lipinski definition) is 4. The van der Waals surface area contributed by atoms with Crippen molar-refractivity contribution in [3.8, 4) is 0 Å². The van der Waals surface area contributed by atoms with E-state index < -0.39 is 30.4 Å². The first-order valence-corrected chi connectivity index (χ1v) is 11.3. The van der Waals surface area contributed by atoms with Crippen molar-refractivity contribution < 1.29 is 19.7 Å². The van der Waals surface area contributed by atoms with E-state index in [-0.39, 0.29) is 5.82 Å². The van der Waals surface area contributed by atoms with Crippen molar-refractivity contribution in [3.63, 3.8) is 0 Å². The van der Waals surface area contributed by atoms with Gasteiger partial charge in [-0.25, -0.2) is 15.0 Å². The number of amides is 1. The Kier molecular flexibility index (Phi) is 7.17. The number of aliphatic hydroxyl groups is 2. The van der Waals surface area contributed by atoms with Crippen LogP contribution in [0.5, 0.6) is 0 Å². The molecule has 176 valence electrons. The number of aryl methyl sites for hydroxylation is 2. The van der Waals surface area contributed by atoms with Crippen LogP contribution in [0.2, 0.25) is 0 Å². The van der Waals surface area contributed by atoms with Crippen LogP contribution in [0.4, 0.5) is 5.82 Å². The van der Waals surface area contributed by atoms with Gasteiger partial charge in [-0.15, -0.1) is 0 Å². The molecule has 0 spiro atoms. The maximum atomic E-state index is 12.2. The van der Waals surface area contributed by atoms with E-state index in [1.807, 2.05) is 18.2 Å². The highest BCUT2D eigenvalue weighted by Crippen LogP contribution is 2.32. The summed E-state index contributed by atoms with van der Waals surface area (Å²) in [7, 11) is 0. The van der Waals surface area contributed by atoms with Crippen LogP contribution < -0.4 is 11.1 Å². The van der Waals surface area contributed by atoms with Gasteiger partial charge >= 0.3 is 0 Å². The third-order valence-corrected chi connectivity index (χ3v) is 5.83. The number of likely N-dealkylation sites (N-methyl/N-ethyl adjacent to an activating group) is 1. The van der Waals surface area contributed by atoms with Crippen molar-refractivity contribution in [2.24, 2.45) is 0 Å². The van der Waals surface area contributed by atoms with Gasteiger partial charge < -0.3 is 26.0 Å². The van der Waals surface area contributed by atoms with Gasteiger partial charge in [0.25, 0.3) is 5.91 Å². The largest absolute Gasteiger partial charge is 0.387 e. The van der Waals surface area contributed by atoms with Gasteiger partial charge in [0.15, 0.2) is 23.8 Å². The fourth-order valence-electron chi connectivity index (χ4n) is 4.10. The molecule has 3 aromatic rings. The number of nitrogen functional groups attached to an aromatic ring is 1. The van der Waals surface area contributed by atoms with Gasteiger partial charge in [-0.1, -0.05) is 36.8 Å². The summed E-state index contributed by atoms with van der Waals surface area (Å²) in [5.41, 5.74) is 8.22. The Morgan fingerprint density at radius 2 is 1.88 bits per heavy atom. The monoisotopic (exact) mass is 454 g/mol. The second-order valence-electron chi connectivity index (χ2n) is 8.22. The van der Waals surface area contributed by atoms with Crippen LogP contribution in [0.3, 0.4) is 0 Å². The van der Waals surface area contributed by atoms with Crippen LogP contribution in [0.15, 0.2) is 36.7 Å². The topological polar surface area (TPSA) is 148 Å². The van der Waals surface area contributed by atoms with E-state index in [4.69, 9.17) is 10.5 Å². The molecular weight excluding hydrogens is 424 g/mol. The standard InChI is InChI=1S/C23H30N6O4/c1-2-25-22(32)19-17(30)18(31)23(33-19)29-13-26-16-20(24)27-15(28-21(16)29)12-8-4-7-11-14-9-5-3-6-10-14/h3,5-6,9-10,13,17-19,23,30-31H,2,4,7-8,11-12H2,1H3,(H,25,32)(H2,24,27,28)/t17-,18+,19-,23+/m0/s1. The highest BCUT2D eigenvalue weighted by molar-refractivity contribution is 5.83. The zero-order chi connectivity index (χ0) is 23.4. The van der Waals surface area contributed by atoms with E-state index in [2.05, 4.69) is 32.4 Å². The number of benzene rings is 1. The van der Waals surface area contributed by atoms with Gasteiger partial charge in [-0.05, 0) is 31.7 Å². The lowest BCUT2D eigenvalue weighted by molar-refractivity contribution is -0.137. The molecule has 2 aromatic heterocycles. The quantitative estimate of drug-likeness (QED) is 0.352. The Morgan fingerprint density at radius 3 is 2.64 bits per heavy atom. The molecule has 0 aliphatic carbocycles. The number of nitrogens with two attached hydrogens (primary N) is 1. The second kappa shape index (κ2) is 10.2. The molecule has 1 amide bonds. The van der Waals surface area contributed by atoms with Gasteiger partial charge in [0.05, 0.1) is 6.33 Å². The van der Waals surface area contributed by atoms with E-state index in [1.165, 1.54) is 16.5 Å². The van der Waals surface area contributed by atoms with Crippen LogP contribution >= 0.6 is 0 Å². The summed E-state index contributed by atoms with van der Waals surface area (Å²) in [5.74, 6) is 0.336. The lowest BCUT2D eigenvalue weighted by atomic mass is 10.1. The average molecular weight is 455 g/mol. The maximum Gasteiger partial charge on any atom is 0.252 e. The Balaban J connectivity index is 1.44. The van der Waals surface area contributed by atoms with Crippen LogP contribution in [-0.4, -0.2) is 60.5 Å².